The van der Waals surface area contributed by atoms with Crippen molar-refractivity contribution in [1.82, 2.24) is 29.3 Å². The second-order valence-corrected chi connectivity index (χ2v) is 7.51. The van der Waals surface area contributed by atoms with Crippen LogP contribution >= 0.6 is 0 Å². The molecule has 4 aromatic rings. The van der Waals surface area contributed by atoms with E-state index in [0.29, 0.717) is 11.4 Å². The van der Waals surface area contributed by atoms with Crippen molar-refractivity contribution >= 4 is 17.4 Å². The molecule has 4 rings (SSSR count). The SMILES string of the molecule is Cc1ncc2ccc(-c3nc(N)nc(NC(C)(C)c4cccc(C(F)(F)F)n4)n3)cn12. The van der Waals surface area contributed by atoms with Gasteiger partial charge in [-0.3, -0.25) is 0 Å². The van der Waals surface area contributed by atoms with E-state index in [1.165, 1.54) is 12.1 Å². The van der Waals surface area contributed by atoms with Gasteiger partial charge in [0.15, 0.2) is 5.82 Å². The summed E-state index contributed by atoms with van der Waals surface area (Å²) in [5.74, 6) is 1.21. The molecule has 0 fully saturated rings. The Hall–Kier alpha value is -3.76. The summed E-state index contributed by atoms with van der Waals surface area (Å²) in [6, 6.07) is 7.44. The number of nitrogens with zero attached hydrogens (tertiary/aromatic N) is 6. The number of hydrogen-bond acceptors (Lipinski definition) is 7. The van der Waals surface area contributed by atoms with E-state index in [1.807, 2.05) is 29.7 Å². The molecule has 0 saturated carbocycles. The molecule has 3 N–H and O–H groups in total. The fourth-order valence-electron chi connectivity index (χ4n) is 3.11. The largest absolute Gasteiger partial charge is 0.433 e. The van der Waals surface area contributed by atoms with Gasteiger partial charge in [0.25, 0.3) is 0 Å². The lowest BCUT2D eigenvalue weighted by Crippen LogP contribution is -2.31. The minimum atomic E-state index is -4.54. The average molecular weight is 428 g/mol. The molecule has 0 amide bonds. The van der Waals surface area contributed by atoms with Crippen molar-refractivity contribution in [3.05, 3.63) is 59.9 Å². The number of pyridine rings is 2. The molecule has 31 heavy (non-hydrogen) atoms. The minimum absolute atomic E-state index is 0.0252. The Balaban J connectivity index is 1.69. The summed E-state index contributed by atoms with van der Waals surface area (Å²) >= 11 is 0. The molecule has 0 aliphatic rings. The maximum absolute atomic E-state index is 13.1. The highest BCUT2D eigenvalue weighted by molar-refractivity contribution is 5.61. The monoisotopic (exact) mass is 428 g/mol. The first-order valence-corrected chi connectivity index (χ1v) is 9.31. The summed E-state index contributed by atoms with van der Waals surface area (Å²) in [6.45, 7) is 5.22. The molecule has 4 aromatic heterocycles. The van der Waals surface area contributed by atoms with E-state index in [-0.39, 0.29) is 17.6 Å². The predicted molar refractivity (Wildman–Crippen MR) is 109 cm³/mol. The molecule has 0 atom stereocenters. The summed E-state index contributed by atoms with van der Waals surface area (Å²) in [7, 11) is 0. The number of aryl methyl sites for hydroxylation is 1. The van der Waals surface area contributed by atoms with Gasteiger partial charge in [0, 0.05) is 11.8 Å². The van der Waals surface area contributed by atoms with Gasteiger partial charge < -0.3 is 15.5 Å². The third-order valence-corrected chi connectivity index (χ3v) is 4.73. The van der Waals surface area contributed by atoms with Crippen molar-refractivity contribution in [2.75, 3.05) is 11.1 Å². The van der Waals surface area contributed by atoms with Crippen molar-refractivity contribution in [1.29, 1.82) is 0 Å². The van der Waals surface area contributed by atoms with Crippen LogP contribution < -0.4 is 11.1 Å². The van der Waals surface area contributed by atoms with E-state index in [2.05, 4.69) is 30.2 Å². The maximum Gasteiger partial charge on any atom is 0.433 e. The van der Waals surface area contributed by atoms with Gasteiger partial charge in [-0.05, 0) is 45.0 Å². The lowest BCUT2D eigenvalue weighted by molar-refractivity contribution is -0.141. The van der Waals surface area contributed by atoms with Gasteiger partial charge in [-0.15, -0.1) is 0 Å². The summed E-state index contributed by atoms with van der Waals surface area (Å²) in [5.41, 5.74) is 5.66. The number of fused-ring (bicyclic) bond motifs is 1. The molecule has 0 saturated heterocycles. The Morgan fingerprint density at radius 3 is 2.45 bits per heavy atom. The molecule has 0 aliphatic heterocycles. The number of hydrogen-bond donors (Lipinski definition) is 2. The van der Waals surface area contributed by atoms with E-state index in [9.17, 15) is 13.2 Å². The summed E-state index contributed by atoms with van der Waals surface area (Å²) in [4.78, 5) is 20.7. The first kappa shape index (κ1) is 20.5. The molecule has 0 unspecified atom stereocenters. The second-order valence-electron chi connectivity index (χ2n) is 7.51. The van der Waals surface area contributed by atoms with Crippen LogP contribution in [0.25, 0.3) is 16.9 Å². The predicted octanol–water partition coefficient (Wildman–Crippen LogP) is 3.84. The van der Waals surface area contributed by atoms with Gasteiger partial charge in [0.1, 0.15) is 11.5 Å². The van der Waals surface area contributed by atoms with Crippen molar-refractivity contribution in [3.63, 3.8) is 0 Å². The Bertz CT molecular complexity index is 1260. The molecule has 160 valence electrons. The fourth-order valence-corrected chi connectivity index (χ4v) is 3.11. The molecule has 11 heteroatoms. The van der Waals surface area contributed by atoms with Crippen LogP contribution in [0.4, 0.5) is 25.1 Å². The normalized spacial score (nSPS) is 12.3. The van der Waals surface area contributed by atoms with E-state index < -0.39 is 17.4 Å². The summed E-state index contributed by atoms with van der Waals surface area (Å²) in [6.07, 6.45) is -0.963. The number of nitrogens with two attached hydrogens (primary N) is 1. The van der Waals surface area contributed by atoms with Crippen LogP contribution in [0.3, 0.4) is 0 Å². The van der Waals surface area contributed by atoms with Gasteiger partial charge >= 0.3 is 6.18 Å². The Morgan fingerprint density at radius 1 is 0.968 bits per heavy atom. The highest BCUT2D eigenvalue weighted by Gasteiger charge is 2.34. The molecular formula is C20H19F3N8. The van der Waals surface area contributed by atoms with Gasteiger partial charge in [0.05, 0.1) is 22.9 Å². The highest BCUT2D eigenvalue weighted by atomic mass is 19.4. The fraction of sp³-hybridized carbons (Fsp3) is 0.250. The van der Waals surface area contributed by atoms with Gasteiger partial charge in [-0.2, -0.15) is 28.1 Å². The van der Waals surface area contributed by atoms with Crippen LogP contribution in [-0.2, 0) is 11.7 Å². The number of aromatic nitrogens is 6. The average Bonchev–Trinajstić information content (AvgIpc) is 3.07. The zero-order valence-corrected chi connectivity index (χ0v) is 16.9. The number of halogens is 3. The van der Waals surface area contributed by atoms with E-state index in [4.69, 9.17) is 5.73 Å². The summed E-state index contributed by atoms with van der Waals surface area (Å²) < 4.78 is 41.0. The molecule has 8 nitrogen and oxygen atoms in total. The van der Waals surface area contributed by atoms with E-state index in [1.54, 1.807) is 20.0 Å². The van der Waals surface area contributed by atoms with Crippen molar-refractivity contribution in [3.8, 4) is 11.4 Å². The number of nitrogen functional groups attached to an aromatic ring is 1. The van der Waals surface area contributed by atoms with Crippen LogP contribution in [-0.4, -0.2) is 29.3 Å². The number of rotatable bonds is 4. The quantitative estimate of drug-likeness (QED) is 0.509. The van der Waals surface area contributed by atoms with Gasteiger partial charge in [-0.1, -0.05) is 6.07 Å². The zero-order valence-electron chi connectivity index (χ0n) is 16.9. The lowest BCUT2D eigenvalue weighted by atomic mass is 10.00. The number of imidazole rings is 1. The Labute approximate surface area is 175 Å². The van der Waals surface area contributed by atoms with Crippen LogP contribution in [0.5, 0.6) is 0 Å². The molecule has 0 radical (unpaired) electrons. The van der Waals surface area contributed by atoms with Gasteiger partial charge in [-0.25, -0.2) is 9.97 Å². The van der Waals surface area contributed by atoms with Gasteiger partial charge in [0.2, 0.25) is 11.9 Å². The highest BCUT2D eigenvalue weighted by Crippen LogP contribution is 2.30. The first-order valence-electron chi connectivity index (χ1n) is 9.31. The molecule has 0 bridgehead atoms. The second kappa shape index (κ2) is 7.18. The molecule has 0 spiro atoms. The Morgan fingerprint density at radius 2 is 1.71 bits per heavy atom. The van der Waals surface area contributed by atoms with Crippen LogP contribution in [0.2, 0.25) is 0 Å². The minimum Gasteiger partial charge on any atom is -0.368 e. The lowest BCUT2D eigenvalue weighted by Gasteiger charge is -2.26. The van der Waals surface area contributed by atoms with E-state index in [0.717, 1.165) is 17.4 Å². The maximum atomic E-state index is 13.1. The van der Waals surface area contributed by atoms with Crippen molar-refractivity contribution in [2.45, 2.75) is 32.5 Å². The number of nitrogens with one attached hydrogen (secondary N) is 1. The van der Waals surface area contributed by atoms with Crippen molar-refractivity contribution < 1.29 is 13.2 Å². The van der Waals surface area contributed by atoms with Crippen LogP contribution in [0.1, 0.15) is 31.1 Å². The molecular weight excluding hydrogens is 409 g/mol. The molecule has 0 aromatic carbocycles. The third-order valence-electron chi connectivity index (χ3n) is 4.73. The molecule has 4 heterocycles. The smallest absolute Gasteiger partial charge is 0.368 e. The third kappa shape index (κ3) is 4.11. The van der Waals surface area contributed by atoms with Crippen LogP contribution in [0.15, 0.2) is 42.7 Å². The standard InChI is InChI=1S/C20H19F3N8/c1-11-25-9-13-8-7-12(10-31(11)13)16-27-17(24)29-18(28-16)30-19(2,3)14-5-4-6-15(26-14)20(21,22)23/h4-10H,1-3H3,(H3,24,27,28,29,30). The van der Waals surface area contributed by atoms with Crippen molar-refractivity contribution in [2.24, 2.45) is 0 Å². The zero-order chi connectivity index (χ0) is 22.4. The molecule has 0 aliphatic carbocycles. The summed E-state index contributed by atoms with van der Waals surface area (Å²) in [5, 5.41) is 3.02. The van der Waals surface area contributed by atoms with Crippen LogP contribution in [0, 0.1) is 6.92 Å². The number of alkyl halides is 3. The topological polar surface area (TPSA) is 107 Å². The first-order chi connectivity index (χ1) is 14.5. The number of anilines is 2. The van der Waals surface area contributed by atoms with E-state index >= 15 is 0 Å². The Kier molecular flexibility index (Phi) is 4.75.